The van der Waals surface area contributed by atoms with Gasteiger partial charge in [-0.15, -0.1) is 0 Å². The van der Waals surface area contributed by atoms with Crippen molar-refractivity contribution in [3.8, 4) is 0 Å². The van der Waals surface area contributed by atoms with Crippen LogP contribution in [0.15, 0.2) is 0 Å². The van der Waals surface area contributed by atoms with Gasteiger partial charge in [0.1, 0.15) is 0 Å². The van der Waals surface area contributed by atoms with Gasteiger partial charge in [0, 0.05) is 71.6 Å². The molecular weight excluding hydrogens is 719 g/mol. The van der Waals surface area contributed by atoms with Crippen molar-refractivity contribution in [3.63, 3.8) is 0 Å². The normalized spacial score (nSPS) is 11.4. The Kier molecular flexibility index (Phi) is 46.6. The third kappa shape index (κ3) is 45.4. The van der Waals surface area contributed by atoms with E-state index in [4.69, 9.17) is 0 Å². The number of hydrogen-bond acceptors (Lipinski definition) is 5. The van der Waals surface area contributed by atoms with Gasteiger partial charge in [-0.25, -0.2) is 0 Å². The summed E-state index contributed by atoms with van der Waals surface area (Å²) in [6, 6.07) is 0. The Morgan fingerprint density at radius 1 is 0.293 bits per heavy atom. The zero-order chi connectivity index (χ0) is 42.3. The molecule has 58 heavy (non-hydrogen) atoms. The van der Waals surface area contributed by atoms with Crippen LogP contribution in [0.4, 0.5) is 0 Å². The Morgan fingerprint density at radius 3 is 0.845 bits per heavy atom. The highest BCUT2D eigenvalue weighted by Gasteiger charge is 2.11. The highest BCUT2D eigenvalue weighted by Crippen LogP contribution is 2.13. The molecule has 0 aromatic heterocycles. The molecule has 0 rings (SSSR count). The van der Waals surface area contributed by atoms with Crippen molar-refractivity contribution in [2.75, 3.05) is 52.4 Å². The maximum atomic E-state index is 12.7. The zero-order valence-corrected chi connectivity index (χ0v) is 39.3. The summed E-state index contributed by atoms with van der Waals surface area (Å²) in [5, 5.41) is 12.8. The first-order valence-corrected chi connectivity index (χ1v) is 25.8. The molecule has 0 heterocycles. The van der Waals surface area contributed by atoms with E-state index in [2.05, 4.69) is 46.9 Å². The van der Waals surface area contributed by atoms with Crippen LogP contribution in [-0.4, -0.2) is 75.0 Å². The van der Waals surface area contributed by atoms with Crippen LogP contribution in [0, 0.1) is 0 Å². The van der Waals surface area contributed by atoms with Gasteiger partial charge in [-0.2, -0.15) is 0 Å². The Balaban J connectivity index is 4.27. The molecule has 0 spiro atoms. The van der Waals surface area contributed by atoms with Gasteiger partial charge in [-0.1, -0.05) is 213 Å². The van der Waals surface area contributed by atoms with Gasteiger partial charge in [0.05, 0.1) is 0 Å². The Hall–Kier alpha value is -1.67. The van der Waals surface area contributed by atoms with Crippen LogP contribution in [0.5, 0.6) is 0 Å². The van der Waals surface area contributed by atoms with Gasteiger partial charge >= 0.3 is 0 Å². The fraction of sp³-hybridized carbons (Fsp3) is 0.940. The molecule has 8 nitrogen and oxygen atoms in total. The second-order valence-electron chi connectivity index (χ2n) is 17.5. The van der Waals surface area contributed by atoms with Crippen molar-refractivity contribution in [2.24, 2.45) is 0 Å². The second kappa shape index (κ2) is 48.0. The first-order valence-electron chi connectivity index (χ1n) is 25.8. The van der Waals surface area contributed by atoms with Crippen molar-refractivity contribution in [1.82, 2.24) is 26.2 Å². The van der Waals surface area contributed by atoms with E-state index in [1.165, 1.54) is 193 Å². The molecule has 8 heteroatoms. The first-order chi connectivity index (χ1) is 28.5. The fourth-order valence-electron chi connectivity index (χ4n) is 7.74. The van der Waals surface area contributed by atoms with Crippen LogP contribution in [0.2, 0.25) is 0 Å². The molecule has 4 N–H and O–H groups in total. The summed E-state index contributed by atoms with van der Waals surface area (Å²) in [4.78, 5) is 40.0. The maximum Gasteiger partial charge on any atom is 0.221 e. The standard InChI is InChI=1S/C50H101N5O3/c1-4-7-10-13-16-19-22-25-28-31-34-40-52-48(56)37-43-51-44-47-55(45-38-49(57)53-41-35-32-29-26-23-20-17-14-11-8-5-2)46-39-50(58)54-42-36-33-30-27-24-21-18-15-12-9-6-3/h51H,4-47H2,1-3H3,(H,52,56)(H,53,57)(H,54,58). The number of amides is 3. The number of hydrogen-bond donors (Lipinski definition) is 4. The van der Waals surface area contributed by atoms with E-state index < -0.39 is 0 Å². The molecule has 0 fully saturated rings. The molecule has 0 aliphatic carbocycles. The molecule has 0 radical (unpaired) electrons. The van der Waals surface area contributed by atoms with Crippen LogP contribution < -0.4 is 21.3 Å². The number of rotatable bonds is 48. The summed E-state index contributed by atoms with van der Waals surface area (Å²) in [5.41, 5.74) is 0. The molecule has 0 aliphatic heterocycles. The number of carbonyl (C=O) groups excluding carboxylic acids is 3. The minimum Gasteiger partial charge on any atom is -0.356 e. The maximum absolute atomic E-state index is 12.7. The van der Waals surface area contributed by atoms with Crippen molar-refractivity contribution < 1.29 is 14.4 Å². The van der Waals surface area contributed by atoms with E-state index in [0.717, 1.165) is 52.0 Å². The summed E-state index contributed by atoms with van der Waals surface area (Å²) in [6.07, 6.45) is 44.4. The van der Waals surface area contributed by atoms with Crippen molar-refractivity contribution in [3.05, 3.63) is 0 Å². The van der Waals surface area contributed by atoms with E-state index in [9.17, 15) is 14.4 Å². The van der Waals surface area contributed by atoms with Gasteiger partial charge in [-0.05, 0) is 19.3 Å². The topological polar surface area (TPSA) is 103 Å². The Morgan fingerprint density at radius 2 is 0.552 bits per heavy atom. The van der Waals surface area contributed by atoms with Gasteiger partial charge < -0.3 is 26.2 Å². The van der Waals surface area contributed by atoms with Crippen LogP contribution in [0.25, 0.3) is 0 Å². The van der Waals surface area contributed by atoms with Crippen LogP contribution in [-0.2, 0) is 14.4 Å². The predicted octanol–water partition coefficient (Wildman–Crippen LogP) is 12.3. The number of nitrogens with one attached hydrogen (secondary N) is 4. The molecule has 0 saturated heterocycles. The smallest absolute Gasteiger partial charge is 0.221 e. The minimum absolute atomic E-state index is 0.0976. The summed E-state index contributed by atoms with van der Waals surface area (Å²) >= 11 is 0. The van der Waals surface area contributed by atoms with E-state index in [0.29, 0.717) is 38.9 Å². The molecule has 0 saturated carbocycles. The van der Waals surface area contributed by atoms with Crippen molar-refractivity contribution in [2.45, 2.75) is 252 Å². The molecule has 0 aromatic carbocycles. The van der Waals surface area contributed by atoms with Crippen molar-refractivity contribution >= 4 is 17.7 Å². The number of carbonyl (C=O) groups is 3. The van der Waals surface area contributed by atoms with E-state index in [1.54, 1.807) is 0 Å². The van der Waals surface area contributed by atoms with Crippen molar-refractivity contribution in [1.29, 1.82) is 0 Å². The number of nitrogens with zero attached hydrogens (tertiary/aromatic N) is 1. The molecule has 0 atom stereocenters. The Labute approximate surface area is 361 Å². The number of unbranched alkanes of at least 4 members (excludes halogenated alkanes) is 30. The zero-order valence-electron chi connectivity index (χ0n) is 39.3. The molecule has 0 unspecified atom stereocenters. The van der Waals surface area contributed by atoms with E-state index in [1.807, 2.05) is 0 Å². The molecule has 3 amide bonds. The van der Waals surface area contributed by atoms with Crippen LogP contribution >= 0.6 is 0 Å². The minimum atomic E-state index is 0.0976. The largest absolute Gasteiger partial charge is 0.356 e. The third-order valence-electron chi connectivity index (χ3n) is 11.8. The van der Waals surface area contributed by atoms with Gasteiger partial charge in [0.2, 0.25) is 17.7 Å². The lowest BCUT2D eigenvalue weighted by molar-refractivity contribution is -0.122. The highest BCUT2D eigenvalue weighted by molar-refractivity contribution is 5.77. The molecule has 0 aromatic rings. The monoisotopic (exact) mass is 820 g/mol. The summed E-state index contributed by atoms with van der Waals surface area (Å²) in [6.45, 7) is 12.5. The van der Waals surface area contributed by atoms with E-state index in [-0.39, 0.29) is 17.7 Å². The summed E-state index contributed by atoms with van der Waals surface area (Å²) in [5.74, 6) is 0.307. The second-order valence-corrected chi connectivity index (χ2v) is 17.5. The predicted molar refractivity (Wildman–Crippen MR) is 252 cm³/mol. The lowest BCUT2D eigenvalue weighted by Gasteiger charge is -2.22. The lowest BCUT2D eigenvalue weighted by atomic mass is 10.1. The lowest BCUT2D eigenvalue weighted by Crippen LogP contribution is -2.38. The van der Waals surface area contributed by atoms with Gasteiger partial charge in [-0.3, -0.25) is 14.4 Å². The first kappa shape index (κ1) is 56.3. The van der Waals surface area contributed by atoms with Gasteiger partial charge in [0.15, 0.2) is 0 Å². The third-order valence-corrected chi connectivity index (χ3v) is 11.8. The van der Waals surface area contributed by atoms with Gasteiger partial charge in [0.25, 0.3) is 0 Å². The highest BCUT2D eigenvalue weighted by atomic mass is 16.2. The average Bonchev–Trinajstić information content (AvgIpc) is 3.22. The SMILES string of the molecule is CCCCCCCCCCCCCNC(=O)CCNCCN(CCC(=O)NCCCCCCCCCCCCC)CCC(=O)NCCCCCCCCCCCCC. The summed E-state index contributed by atoms with van der Waals surface area (Å²) < 4.78 is 0. The van der Waals surface area contributed by atoms with E-state index >= 15 is 0 Å². The molecule has 0 bridgehead atoms. The fourth-order valence-corrected chi connectivity index (χ4v) is 7.74. The quantitative estimate of drug-likeness (QED) is 0.0458. The van der Waals surface area contributed by atoms with Crippen LogP contribution in [0.3, 0.4) is 0 Å². The summed E-state index contributed by atoms with van der Waals surface area (Å²) in [7, 11) is 0. The average molecular weight is 820 g/mol. The molecule has 0 aliphatic rings. The molecular formula is C50H101N5O3. The molecule has 344 valence electrons. The Bertz CT molecular complexity index is 828. The van der Waals surface area contributed by atoms with Crippen LogP contribution in [0.1, 0.15) is 252 Å².